The predicted molar refractivity (Wildman–Crippen MR) is 179 cm³/mol. The van der Waals surface area contributed by atoms with E-state index >= 15 is 0 Å². The zero-order chi connectivity index (χ0) is 31.9. The van der Waals surface area contributed by atoms with E-state index in [1.165, 1.54) is 35.2 Å². The highest BCUT2D eigenvalue weighted by Crippen LogP contribution is 2.33. The van der Waals surface area contributed by atoms with Gasteiger partial charge in [-0.05, 0) is 67.4 Å². The number of sulfonamides is 1. The summed E-state index contributed by atoms with van der Waals surface area (Å²) in [4.78, 5) is 29.6. The smallest absolute Gasteiger partial charge is 0.264 e. The molecular formula is C33H32BrCl2N3O4S. The van der Waals surface area contributed by atoms with Gasteiger partial charge in [0.15, 0.2) is 0 Å². The van der Waals surface area contributed by atoms with Crippen molar-refractivity contribution in [1.82, 2.24) is 10.2 Å². The van der Waals surface area contributed by atoms with Gasteiger partial charge in [-0.1, -0.05) is 99.8 Å². The molecule has 1 unspecified atom stereocenters. The maximum Gasteiger partial charge on any atom is 0.264 e. The summed E-state index contributed by atoms with van der Waals surface area (Å²) in [6, 6.07) is 27.8. The van der Waals surface area contributed by atoms with Crippen LogP contribution in [-0.4, -0.2) is 43.8 Å². The normalized spacial score (nSPS) is 12.0. The Labute approximate surface area is 277 Å². The van der Waals surface area contributed by atoms with Crippen molar-refractivity contribution < 1.29 is 18.0 Å². The molecule has 0 aliphatic carbocycles. The van der Waals surface area contributed by atoms with Crippen LogP contribution in [0.1, 0.15) is 25.0 Å². The highest BCUT2D eigenvalue weighted by Gasteiger charge is 2.35. The van der Waals surface area contributed by atoms with Gasteiger partial charge in [0, 0.05) is 28.5 Å². The van der Waals surface area contributed by atoms with Crippen molar-refractivity contribution in [2.75, 3.05) is 10.8 Å². The molecule has 1 atom stereocenters. The Hall–Kier alpha value is -3.37. The number of halogens is 3. The SMILES string of the molecule is CC(C)NC(=O)C(Cc1ccccc1)N(Cc1cccc(Br)c1)C(=O)CN(c1cc(Cl)ccc1Cl)S(=O)(=O)c1ccccc1. The summed E-state index contributed by atoms with van der Waals surface area (Å²) < 4.78 is 29.9. The van der Waals surface area contributed by atoms with Crippen molar-refractivity contribution in [1.29, 1.82) is 0 Å². The van der Waals surface area contributed by atoms with E-state index in [9.17, 15) is 18.0 Å². The number of amides is 2. The largest absolute Gasteiger partial charge is 0.352 e. The highest BCUT2D eigenvalue weighted by molar-refractivity contribution is 9.10. The first-order chi connectivity index (χ1) is 21.0. The average Bonchev–Trinajstić information content (AvgIpc) is 2.99. The standard InChI is InChI=1S/C33H32BrCl2N3O4S/c1-23(2)37-33(41)31(19-24-10-5-3-6-11-24)38(21-25-12-9-13-26(34)18-25)32(40)22-39(30-20-27(35)16-17-29(30)36)44(42,43)28-14-7-4-8-15-28/h3-18,20,23,31H,19,21-22H2,1-2H3,(H,37,41). The maximum atomic E-state index is 14.5. The molecule has 4 aromatic carbocycles. The molecule has 4 rings (SSSR count). The Morgan fingerprint density at radius 2 is 1.48 bits per heavy atom. The lowest BCUT2D eigenvalue weighted by Gasteiger charge is -2.34. The lowest BCUT2D eigenvalue weighted by atomic mass is 10.0. The number of anilines is 1. The number of hydrogen-bond acceptors (Lipinski definition) is 4. The Kier molecular flexibility index (Phi) is 11.5. The Morgan fingerprint density at radius 1 is 0.841 bits per heavy atom. The van der Waals surface area contributed by atoms with E-state index in [1.807, 2.05) is 68.4 Å². The second kappa shape index (κ2) is 15.1. The molecule has 4 aromatic rings. The van der Waals surface area contributed by atoms with E-state index in [-0.39, 0.29) is 45.5 Å². The summed E-state index contributed by atoms with van der Waals surface area (Å²) in [7, 11) is -4.29. The van der Waals surface area contributed by atoms with Gasteiger partial charge >= 0.3 is 0 Å². The van der Waals surface area contributed by atoms with Crippen LogP contribution in [0.3, 0.4) is 0 Å². The van der Waals surface area contributed by atoms with Crippen LogP contribution in [0.4, 0.5) is 5.69 Å². The van der Waals surface area contributed by atoms with Crippen LogP contribution in [0.15, 0.2) is 112 Å². The first-order valence-electron chi connectivity index (χ1n) is 13.9. The minimum absolute atomic E-state index is 0.0271. The summed E-state index contributed by atoms with van der Waals surface area (Å²) in [5, 5.41) is 3.28. The molecule has 1 N–H and O–H groups in total. The molecule has 0 aliphatic rings. The summed E-state index contributed by atoms with van der Waals surface area (Å²) in [6.07, 6.45) is 0.211. The van der Waals surface area contributed by atoms with Gasteiger partial charge in [-0.15, -0.1) is 0 Å². The first kappa shape index (κ1) is 33.5. The van der Waals surface area contributed by atoms with Gasteiger partial charge < -0.3 is 10.2 Å². The summed E-state index contributed by atoms with van der Waals surface area (Å²) >= 11 is 16.3. The fraction of sp³-hybridized carbons (Fsp3) is 0.212. The van der Waals surface area contributed by atoms with E-state index in [0.717, 1.165) is 19.9 Å². The summed E-state index contributed by atoms with van der Waals surface area (Å²) in [5.74, 6) is -0.953. The van der Waals surface area contributed by atoms with Crippen LogP contribution in [0, 0.1) is 0 Å². The molecule has 0 fully saturated rings. The minimum Gasteiger partial charge on any atom is -0.352 e. The Balaban J connectivity index is 1.83. The minimum atomic E-state index is -4.29. The van der Waals surface area contributed by atoms with Gasteiger partial charge in [0.2, 0.25) is 11.8 Å². The van der Waals surface area contributed by atoms with Crippen molar-refractivity contribution in [2.45, 2.75) is 43.8 Å². The number of rotatable bonds is 12. The Morgan fingerprint density at radius 3 is 2.11 bits per heavy atom. The molecule has 0 heterocycles. The van der Waals surface area contributed by atoms with Gasteiger partial charge in [0.05, 0.1) is 15.6 Å². The van der Waals surface area contributed by atoms with Crippen molar-refractivity contribution >= 4 is 66.7 Å². The van der Waals surface area contributed by atoms with E-state index in [0.29, 0.717) is 0 Å². The first-order valence-corrected chi connectivity index (χ1v) is 16.9. The molecule has 2 amide bonds. The van der Waals surface area contributed by atoms with Crippen LogP contribution >= 0.6 is 39.1 Å². The van der Waals surface area contributed by atoms with E-state index < -0.39 is 28.5 Å². The molecule has 0 aromatic heterocycles. The predicted octanol–water partition coefficient (Wildman–Crippen LogP) is 7.12. The van der Waals surface area contributed by atoms with Crippen LogP contribution in [0.5, 0.6) is 0 Å². The molecule has 230 valence electrons. The third-order valence-corrected chi connectivity index (χ3v) is 9.55. The molecular weight excluding hydrogens is 685 g/mol. The number of nitrogens with zero attached hydrogens (tertiary/aromatic N) is 2. The van der Waals surface area contributed by atoms with Crippen molar-refractivity contribution in [3.05, 3.63) is 129 Å². The number of nitrogens with one attached hydrogen (secondary N) is 1. The van der Waals surface area contributed by atoms with Crippen LogP contribution in [-0.2, 0) is 32.6 Å². The zero-order valence-electron chi connectivity index (χ0n) is 24.2. The topological polar surface area (TPSA) is 86.8 Å². The van der Waals surface area contributed by atoms with Crippen LogP contribution < -0.4 is 9.62 Å². The van der Waals surface area contributed by atoms with E-state index in [1.54, 1.807) is 18.2 Å². The third-order valence-electron chi connectivity index (χ3n) is 6.73. The zero-order valence-corrected chi connectivity index (χ0v) is 28.1. The molecule has 7 nitrogen and oxygen atoms in total. The quantitative estimate of drug-likeness (QED) is 0.169. The lowest BCUT2D eigenvalue weighted by Crippen LogP contribution is -2.54. The van der Waals surface area contributed by atoms with Crippen molar-refractivity contribution in [3.8, 4) is 0 Å². The summed E-state index contributed by atoms with van der Waals surface area (Å²) in [6.45, 7) is 3.09. The van der Waals surface area contributed by atoms with Gasteiger partial charge in [0.25, 0.3) is 10.0 Å². The van der Waals surface area contributed by atoms with Crippen molar-refractivity contribution in [3.63, 3.8) is 0 Å². The van der Waals surface area contributed by atoms with Crippen LogP contribution in [0.2, 0.25) is 10.0 Å². The van der Waals surface area contributed by atoms with Gasteiger partial charge in [-0.2, -0.15) is 0 Å². The lowest BCUT2D eigenvalue weighted by molar-refractivity contribution is -0.140. The number of hydrogen-bond donors (Lipinski definition) is 1. The molecule has 0 saturated carbocycles. The second-order valence-corrected chi connectivity index (χ2v) is 14.1. The number of carbonyl (C=O) groups is 2. The summed E-state index contributed by atoms with van der Waals surface area (Å²) in [5.41, 5.74) is 1.64. The third kappa shape index (κ3) is 8.63. The van der Waals surface area contributed by atoms with Gasteiger partial charge in [-0.3, -0.25) is 13.9 Å². The number of carbonyl (C=O) groups excluding carboxylic acids is 2. The monoisotopic (exact) mass is 715 g/mol. The van der Waals surface area contributed by atoms with Gasteiger partial charge in [0.1, 0.15) is 12.6 Å². The van der Waals surface area contributed by atoms with E-state index in [4.69, 9.17) is 23.2 Å². The molecule has 0 saturated heterocycles. The average molecular weight is 718 g/mol. The molecule has 0 aliphatic heterocycles. The molecule has 0 spiro atoms. The Bertz CT molecular complexity index is 1710. The maximum absolute atomic E-state index is 14.5. The molecule has 0 radical (unpaired) electrons. The number of benzene rings is 4. The fourth-order valence-corrected chi connectivity index (χ4v) is 7.01. The van der Waals surface area contributed by atoms with Crippen molar-refractivity contribution in [2.24, 2.45) is 0 Å². The van der Waals surface area contributed by atoms with Gasteiger partial charge in [-0.25, -0.2) is 8.42 Å². The highest BCUT2D eigenvalue weighted by atomic mass is 79.9. The molecule has 44 heavy (non-hydrogen) atoms. The second-order valence-electron chi connectivity index (χ2n) is 10.4. The molecule has 11 heteroatoms. The molecule has 0 bridgehead atoms. The fourth-order valence-electron chi connectivity index (χ4n) is 4.68. The van der Waals surface area contributed by atoms with E-state index in [2.05, 4.69) is 21.2 Å². The van der Waals surface area contributed by atoms with Crippen LogP contribution in [0.25, 0.3) is 0 Å².